The van der Waals surface area contributed by atoms with Crippen LogP contribution in [-0.4, -0.2) is 58.4 Å². The van der Waals surface area contributed by atoms with E-state index < -0.39 is 0 Å². The molecule has 0 unspecified atom stereocenters. The van der Waals surface area contributed by atoms with Gasteiger partial charge in [-0.1, -0.05) is 12.1 Å². The third kappa shape index (κ3) is 3.04. The van der Waals surface area contributed by atoms with Crippen LogP contribution < -0.4 is 4.74 Å². The summed E-state index contributed by atoms with van der Waals surface area (Å²) in [5.74, 6) is 3.10. The van der Waals surface area contributed by atoms with Crippen molar-refractivity contribution >= 4 is 0 Å². The minimum absolute atomic E-state index is 0.159. The van der Waals surface area contributed by atoms with Gasteiger partial charge in [0.1, 0.15) is 17.4 Å². The highest BCUT2D eigenvalue weighted by atomic mass is 16.5. The van der Waals surface area contributed by atoms with Crippen LogP contribution in [-0.2, 0) is 18.6 Å². The van der Waals surface area contributed by atoms with Crippen LogP contribution in [0.4, 0.5) is 0 Å². The van der Waals surface area contributed by atoms with Crippen molar-refractivity contribution in [1.29, 1.82) is 0 Å². The summed E-state index contributed by atoms with van der Waals surface area (Å²) in [6, 6.07) is 8.42. The number of ether oxygens (including phenoxy) is 1. The van der Waals surface area contributed by atoms with Crippen LogP contribution in [0.3, 0.4) is 0 Å². The van der Waals surface area contributed by atoms with Crippen LogP contribution in [0, 0.1) is 6.92 Å². The Hall–Kier alpha value is -1.92. The maximum atomic E-state index is 5.25. The minimum atomic E-state index is 0.159. The molecule has 6 heteroatoms. The average Bonchev–Trinajstić information content (AvgIpc) is 2.99. The molecule has 1 aromatic heterocycles. The van der Waals surface area contributed by atoms with Gasteiger partial charge in [0.2, 0.25) is 0 Å². The summed E-state index contributed by atoms with van der Waals surface area (Å²) in [6.45, 7) is 7.30. The van der Waals surface area contributed by atoms with Gasteiger partial charge in [-0.2, -0.15) is 0 Å². The van der Waals surface area contributed by atoms with E-state index in [1.165, 1.54) is 5.56 Å². The van der Waals surface area contributed by atoms with Gasteiger partial charge in [0.05, 0.1) is 19.2 Å². The van der Waals surface area contributed by atoms with Crippen LogP contribution in [0.5, 0.6) is 5.75 Å². The molecule has 0 bridgehead atoms. The van der Waals surface area contributed by atoms with E-state index in [4.69, 9.17) is 4.74 Å². The fourth-order valence-electron chi connectivity index (χ4n) is 4.49. The molecule has 1 saturated heterocycles. The number of likely N-dealkylation sites (N-methyl/N-ethyl adjacent to an activating group) is 1. The molecule has 1 spiro atoms. The molecule has 0 aliphatic carbocycles. The second-order valence-electron chi connectivity index (χ2n) is 7.52. The number of rotatable bonds is 3. The van der Waals surface area contributed by atoms with Crippen LogP contribution in [0.2, 0.25) is 0 Å². The highest BCUT2D eigenvalue weighted by molar-refractivity contribution is 5.27. The first-order chi connectivity index (χ1) is 12.1. The monoisotopic (exact) mass is 341 g/mol. The molecule has 1 fully saturated rings. The Morgan fingerprint density at radius 2 is 1.84 bits per heavy atom. The zero-order valence-corrected chi connectivity index (χ0v) is 15.4. The first kappa shape index (κ1) is 16.5. The first-order valence-electron chi connectivity index (χ1n) is 9.05. The Balaban J connectivity index is 1.46. The van der Waals surface area contributed by atoms with E-state index in [2.05, 4.69) is 50.7 Å². The average molecular weight is 341 g/mol. The van der Waals surface area contributed by atoms with Crippen LogP contribution in [0.25, 0.3) is 0 Å². The lowest BCUT2D eigenvalue weighted by molar-refractivity contribution is 0.0462. The summed E-state index contributed by atoms with van der Waals surface area (Å²) in [7, 11) is 3.90. The lowest BCUT2D eigenvalue weighted by Crippen LogP contribution is -2.55. The van der Waals surface area contributed by atoms with E-state index >= 15 is 0 Å². The Labute approximate surface area is 149 Å². The standard InChI is InChI=1S/C19H27N5O/c1-15-20-21-18-13-22(2)14-19(24(15)18)8-10-23(11-9-19)12-16-4-6-17(25-3)7-5-16/h4-7H,8-14H2,1-3H3. The zero-order chi connectivity index (χ0) is 17.4. The molecule has 6 nitrogen and oxygen atoms in total. The fourth-order valence-corrected chi connectivity index (χ4v) is 4.49. The van der Waals surface area contributed by atoms with E-state index in [1.807, 2.05) is 12.1 Å². The van der Waals surface area contributed by atoms with Crippen molar-refractivity contribution < 1.29 is 4.74 Å². The second kappa shape index (κ2) is 6.42. The summed E-state index contributed by atoms with van der Waals surface area (Å²) in [5.41, 5.74) is 1.51. The quantitative estimate of drug-likeness (QED) is 0.855. The number of hydrogen-bond acceptors (Lipinski definition) is 5. The summed E-state index contributed by atoms with van der Waals surface area (Å²) >= 11 is 0. The number of aromatic nitrogens is 3. The van der Waals surface area contributed by atoms with Gasteiger partial charge in [-0.05, 0) is 44.5 Å². The minimum Gasteiger partial charge on any atom is -0.497 e. The molecule has 134 valence electrons. The van der Waals surface area contributed by atoms with Crippen molar-refractivity contribution in [3.05, 3.63) is 41.5 Å². The first-order valence-corrected chi connectivity index (χ1v) is 9.05. The van der Waals surface area contributed by atoms with Crippen LogP contribution >= 0.6 is 0 Å². The molecule has 4 rings (SSSR count). The van der Waals surface area contributed by atoms with E-state index in [0.29, 0.717) is 0 Å². The predicted molar refractivity (Wildman–Crippen MR) is 96.6 cm³/mol. The molecule has 0 saturated carbocycles. The van der Waals surface area contributed by atoms with E-state index in [9.17, 15) is 0 Å². The summed E-state index contributed by atoms with van der Waals surface area (Å²) in [5, 5.41) is 8.75. The third-order valence-electron chi connectivity index (χ3n) is 5.69. The van der Waals surface area contributed by atoms with E-state index in [-0.39, 0.29) is 5.54 Å². The highest BCUT2D eigenvalue weighted by Crippen LogP contribution is 2.36. The van der Waals surface area contributed by atoms with Gasteiger partial charge in [-0.3, -0.25) is 9.80 Å². The zero-order valence-electron chi connectivity index (χ0n) is 15.4. The molecule has 0 radical (unpaired) electrons. The lowest BCUT2D eigenvalue weighted by atomic mass is 9.84. The van der Waals surface area contributed by atoms with Crippen LogP contribution in [0.15, 0.2) is 24.3 Å². The Morgan fingerprint density at radius 3 is 2.52 bits per heavy atom. The second-order valence-corrected chi connectivity index (χ2v) is 7.52. The van der Waals surface area contributed by atoms with Gasteiger partial charge in [-0.25, -0.2) is 0 Å². The largest absolute Gasteiger partial charge is 0.497 e. The van der Waals surface area contributed by atoms with Crippen molar-refractivity contribution in [3.63, 3.8) is 0 Å². The number of methoxy groups -OCH3 is 1. The van der Waals surface area contributed by atoms with E-state index in [0.717, 1.165) is 63.0 Å². The van der Waals surface area contributed by atoms with Crippen molar-refractivity contribution in [3.8, 4) is 5.75 Å². The van der Waals surface area contributed by atoms with Crippen LogP contribution in [0.1, 0.15) is 30.1 Å². The number of benzene rings is 1. The normalized spacial score (nSPS) is 20.6. The Morgan fingerprint density at radius 1 is 1.12 bits per heavy atom. The van der Waals surface area contributed by atoms with Gasteiger partial charge in [0, 0.05) is 26.2 Å². The fraction of sp³-hybridized carbons (Fsp3) is 0.579. The van der Waals surface area contributed by atoms with Gasteiger partial charge in [0.25, 0.3) is 0 Å². The maximum Gasteiger partial charge on any atom is 0.147 e. The number of fused-ring (bicyclic) bond motifs is 2. The molecule has 1 aromatic carbocycles. The maximum absolute atomic E-state index is 5.25. The molecule has 0 atom stereocenters. The van der Waals surface area contributed by atoms with Crippen molar-refractivity contribution in [2.75, 3.05) is 33.8 Å². The number of piperidine rings is 1. The molecule has 3 heterocycles. The summed E-state index contributed by atoms with van der Waals surface area (Å²) in [4.78, 5) is 4.95. The number of hydrogen-bond donors (Lipinski definition) is 0. The third-order valence-corrected chi connectivity index (χ3v) is 5.69. The Bertz CT molecular complexity index is 731. The van der Waals surface area contributed by atoms with E-state index in [1.54, 1.807) is 7.11 Å². The van der Waals surface area contributed by atoms with Gasteiger partial charge >= 0.3 is 0 Å². The van der Waals surface area contributed by atoms with Gasteiger partial charge < -0.3 is 9.30 Å². The van der Waals surface area contributed by atoms with Gasteiger partial charge in [-0.15, -0.1) is 10.2 Å². The number of aryl methyl sites for hydroxylation is 1. The molecular weight excluding hydrogens is 314 g/mol. The van der Waals surface area contributed by atoms with Gasteiger partial charge in [0.15, 0.2) is 0 Å². The number of nitrogens with zero attached hydrogens (tertiary/aromatic N) is 5. The Kier molecular flexibility index (Phi) is 4.25. The molecule has 25 heavy (non-hydrogen) atoms. The summed E-state index contributed by atoms with van der Waals surface area (Å²) in [6.07, 6.45) is 2.30. The molecule has 2 aromatic rings. The molecule has 2 aliphatic heterocycles. The molecule has 0 amide bonds. The van der Waals surface area contributed by atoms with Crippen molar-refractivity contribution in [2.24, 2.45) is 0 Å². The SMILES string of the molecule is COc1ccc(CN2CCC3(CC2)CN(C)Cc2nnc(C)n23)cc1. The number of likely N-dealkylation sites (tertiary alicyclic amines) is 1. The predicted octanol–water partition coefficient (Wildman–Crippen LogP) is 2.03. The highest BCUT2D eigenvalue weighted by Gasteiger charge is 2.42. The molecule has 2 aliphatic rings. The summed E-state index contributed by atoms with van der Waals surface area (Å²) < 4.78 is 7.68. The smallest absolute Gasteiger partial charge is 0.147 e. The topological polar surface area (TPSA) is 46.4 Å². The van der Waals surface area contributed by atoms with Crippen molar-refractivity contribution in [1.82, 2.24) is 24.6 Å². The molecular formula is C19H27N5O. The lowest BCUT2D eigenvalue weighted by Gasteiger charge is -2.48. The molecule has 0 N–H and O–H groups in total. The van der Waals surface area contributed by atoms with Crippen molar-refractivity contribution in [2.45, 2.75) is 38.4 Å².